The van der Waals surface area contributed by atoms with E-state index in [2.05, 4.69) is 27.9 Å². The zero-order valence-electron chi connectivity index (χ0n) is 12.5. The van der Waals surface area contributed by atoms with Crippen LogP contribution in [0.2, 0.25) is 0 Å². The molecule has 3 rings (SSSR count). The van der Waals surface area contributed by atoms with Crippen molar-refractivity contribution in [1.82, 2.24) is 15.6 Å². The largest absolute Gasteiger partial charge is 0.310 e. The summed E-state index contributed by atoms with van der Waals surface area (Å²) in [5, 5.41) is 10.9. The summed E-state index contributed by atoms with van der Waals surface area (Å²) in [6, 6.07) is 1.88. The third-order valence-electron chi connectivity index (χ3n) is 5.01. The first-order valence-corrected chi connectivity index (χ1v) is 9.13. The van der Waals surface area contributed by atoms with Crippen molar-refractivity contribution in [1.29, 1.82) is 0 Å². The number of aromatic nitrogens is 1. The molecule has 1 aliphatic carbocycles. The molecule has 3 nitrogen and oxygen atoms in total. The van der Waals surface area contributed by atoms with E-state index in [1.165, 1.54) is 43.5 Å². The zero-order valence-corrected chi connectivity index (χ0v) is 13.3. The monoisotopic (exact) mass is 293 g/mol. The Bertz CT molecular complexity index is 392. The highest BCUT2D eigenvalue weighted by atomic mass is 32.1. The Morgan fingerprint density at radius 2 is 2.25 bits per heavy atom. The number of thiazole rings is 1. The number of piperidine rings is 1. The van der Waals surface area contributed by atoms with Crippen LogP contribution in [0.25, 0.3) is 0 Å². The molecular formula is C16H27N3S. The number of fused-ring (bicyclic) bond motifs is 1. The lowest BCUT2D eigenvalue weighted by Gasteiger charge is -2.41. The summed E-state index contributed by atoms with van der Waals surface area (Å²) in [7, 11) is 0. The number of nitrogens with zero attached hydrogens (tertiary/aromatic N) is 1. The van der Waals surface area contributed by atoms with Crippen molar-refractivity contribution in [3.8, 4) is 0 Å². The van der Waals surface area contributed by atoms with E-state index in [4.69, 9.17) is 0 Å². The van der Waals surface area contributed by atoms with E-state index in [-0.39, 0.29) is 0 Å². The summed E-state index contributed by atoms with van der Waals surface area (Å²) >= 11 is 1.77. The smallest absolute Gasteiger partial charge is 0.109 e. The minimum absolute atomic E-state index is 0.431. The van der Waals surface area contributed by atoms with Crippen LogP contribution >= 0.6 is 11.3 Å². The van der Waals surface area contributed by atoms with Gasteiger partial charge >= 0.3 is 0 Å². The van der Waals surface area contributed by atoms with Gasteiger partial charge in [0.1, 0.15) is 5.01 Å². The van der Waals surface area contributed by atoms with Gasteiger partial charge in [0.15, 0.2) is 0 Å². The van der Waals surface area contributed by atoms with Gasteiger partial charge in [0.05, 0.1) is 6.04 Å². The number of hydrogen-bond donors (Lipinski definition) is 2. The Morgan fingerprint density at radius 3 is 3.05 bits per heavy atom. The molecule has 20 heavy (non-hydrogen) atoms. The second-order valence-corrected chi connectivity index (χ2v) is 7.26. The molecule has 1 saturated carbocycles. The molecule has 0 amide bonds. The van der Waals surface area contributed by atoms with Crippen molar-refractivity contribution < 1.29 is 0 Å². The van der Waals surface area contributed by atoms with E-state index in [0.717, 1.165) is 24.9 Å². The maximum atomic E-state index is 4.45. The molecular weight excluding hydrogens is 266 g/mol. The van der Waals surface area contributed by atoms with Gasteiger partial charge in [0.2, 0.25) is 0 Å². The second kappa shape index (κ2) is 7.01. The van der Waals surface area contributed by atoms with Crippen molar-refractivity contribution in [3.63, 3.8) is 0 Å². The lowest BCUT2D eigenvalue weighted by molar-refractivity contribution is 0.172. The third kappa shape index (κ3) is 3.41. The van der Waals surface area contributed by atoms with E-state index < -0.39 is 0 Å². The van der Waals surface area contributed by atoms with E-state index in [0.29, 0.717) is 12.1 Å². The highest BCUT2D eigenvalue weighted by molar-refractivity contribution is 7.09. The third-order valence-corrected chi connectivity index (χ3v) is 5.90. The maximum Gasteiger partial charge on any atom is 0.109 e. The summed E-state index contributed by atoms with van der Waals surface area (Å²) < 4.78 is 0. The van der Waals surface area contributed by atoms with E-state index in [9.17, 15) is 0 Å². The molecule has 2 heterocycles. The molecule has 2 fully saturated rings. The molecule has 1 aliphatic heterocycles. The van der Waals surface area contributed by atoms with Crippen LogP contribution in [0.1, 0.15) is 62.9 Å². The molecule has 1 saturated heterocycles. The lowest BCUT2D eigenvalue weighted by atomic mass is 9.78. The van der Waals surface area contributed by atoms with E-state index >= 15 is 0 Å². The SMILES string of the molecule is CCC(NCC1CCC2CCCCC2N1)c1nccs1. The van der Waals surface area contributed by atoms with Crippen LogP contribution in [0.15, 0.2) is 11.6 Å². The molecule has 0 bridgehead atoms. The summed E-state index contributed by atoms with van der Waals surface area (Å²) in [4.78, 5) is 4.45. The average Bonchev–Trinajstić information content (AvgIpc) is 3.02. The Labute approximate surface area is 126 Å². The van der Waals surface area contributed by atoms with Gasteiger partial charge in [-0.2, -0.15) is 0 Å². The van der Waals surface area contributed by atoms with Crippen molar-refractivity contribution in [2.24, 2.45) is 5.92 Å². The Hall–Kier alpha value is -0.450. The molecule has 2 aliphatic rings. The summed E-state index contributed by atoms with van der Waals surface area (Å²) in [5.74, 6) is 0.959. The first-order valence-electron chi connectivity index (χ1n) is 8.25. The number of nitrogens with one attached hydrogen (secondary N) is 2. The maximum absolute atomic E-state index is 4.45. The number of hydrogen-bond acceptors (Lipinski definition) is 4. The fourth-order valence-electron chi connectivity index (χ4n) is 3.83. The van der Waals surface area contributed by atoms with Crippen molar-refractivity contribution in [2.45, 2.75) is 70.0 Å². The highest BCUT2D eigenvalue weighted by Crippen LogP contribution is 2.32. The zero-order chi connectivity index (χ0) is 13.8. The van der Waals surface area contributed by atoms with Crippen molar-refractivity contribution >= 4 is 11.3 Å². The van der Waals surface area contributed by atoms with Crippen LogP contribution in [0.5, 0.6) is 0 Å². The number of rotatable bonds is 5. The average molecular weight is 293 g/mol. The van der Waals surface area contributed by atoms with E-state index in [1.54, 1.807) is 11.3 Å². The molecule has 4 heteroatoms. The molecule has 0 spiro atoms. The van der Waals surface area contributed by atoms with Gasteiger partial charge in [-0.05, 0) is 38.0 Å². The lowest BCUT2D eigenvalue weighted by Crippen LogP contribution is -2.52. The van der Waals surface area contributed by atoms with Gasteiger partial charge < -0.3 is 10.6 Å². The standard InChI is InChI=1S/C16H27N3S/c1-2-14(16-17-9-10-20-16)18-11-13-8-7-12-5-3-4-6-15(12)19-13/h9-10,12-15,18-19H,2-8,11H2,1H3. The second-order valence-electron chi connectivity index (χ2n) is 6.33. The molecule has 1 aromatic heterocycles. The Balaban J connectivity index is 1.48. The minimum atomic E-state index is 0.431. The predicted molar refractivity (Wildman–Crippen MR) is 85.1 cm³/mol. The molecule has 0 aromatic carbocycles. The molecule has 0 radical (unpaired) electrons. The van der Waals surface area contributed by atoms with E-state index in [1.807, 2.05) is 6.20 Å². The van der Waals surface area contributed by atoms with Crippen molar-refractivity contribution in [2.75, 3.05) is 6.54 Å². The van der Waals surface area contributed by atoms with Gasteiger partial charge in [-0.15, -0.1) is 11.3 Å². The summed E-state index contributed by atoms with van der Waals surface area (Å²) in [6.45, 7) is 3.33. The topological polar surface area (TPSA) is 37.0 Å². The molecule has 2 N–H and O–H groups in total. The fourth-order valence-corrected chi connectivity index (χ4v) is 4.63. The highest BCUT2D eigenvalue weighted by Gasteiger charge is 2.31. The normalized spacial score (nSPS) is 31.8. The minimum Gasteiger partial charge on any atom is -0.310 e. The van der Waals surface area contributed by atoms with Gasteiger partial charge in [-0.3, -0.25) is 0 Å². The Morgan fingerprint density at radius 1 is 1.35 bits per heavy atom. The Kier molecular flexibility index (Phi) is 5.08. The molecule has 1 aromatic rings. The van der Waals surface area contributed by atoms with Crippen LogP contribution in [-0.2, 0) is 0 Å². The van der Waals surface area contributed by atoms with Crippen LogP contribution in [0.3, 0.4) is 0 Å². The van der Waals surface area contributed by atoms with Gasteiger partial charge in [-0.1, -0.05) is 19.8 Å². The van der Waals surface area contributed by atoms with Crippen LogP contribution in [0, 0.1) is 5.92 Å². The molecule has 4 atom stereocenters. The van der Waals surface area contributed by atoms with Gasteiger partial charge in [0.25, 0.3) is 0 Å². The first kappa shape index (κ1) is 14.5. The quantitative estimate of drug-likeness (QED) is 0.872. The first-order chi connectivity index (χ1) is 9.86. The van der Waals surface area contributed by atoms with Crippen LogP contribution < -0.4 is 10.6 Å². The van der Waals surface area contributed by atoms with Crippen LogP contribution in [0.4, 0.5) is 0 Å². The summed E-state index contributed by atoms with van der Waals surface area (Å²) in [6.07, 6.45) is 11.5. The van der Waals surface area contributed by atoms with Crippen LogP contribution in [-0.4, -0.2) is 23.6 Å². The fraction of sp³-hybridized carbons (Fsp3) is 0.812. The predicted octanol–water partition coefficient (Wildman–Crippen LogP) is 3.49. The molecule has 4 unspecified atom stereocenters. The van der Waals surface area contributed by atoms with Gasteiger partial charge in [-0.25, -0.2) is 4.98 Å². The molecule has 112 valence electrons. The van der Waals surface area contributed by atoms with Gasteiger partial charge in [0, 0.05) is 30.2 Å². The van der Waals surface area contributed by atoms with Crippen molar-refractivity contribution in [3.05, 3.63) is 16.6 Å². The summed E-state index contributed by atoms with van der Waals surface area (Å²) in [5.41, 5.74) is 0.